The first kappa shape index (κ1) is 26.9. The lowest BCUT2D eigenvalue weighted by Crippen LogP contribution is -2.29. The standard InChI is InChI=1S/C30H43N3O2/c1-20(34)35-26-22(30(10,11)19-28(5,6)7)16-21(29(8,9)18-27(2,3)4)17-25(26)33-31-23-14-12-13-15-24(23)32-33/h12-17H,18-19H2,1-11H3. The van der Waals surface area contributed by atoms with E-state index in [9.17, 15) is 4.79 Å². The minimum absolute atomic E-state index is 0.0900. The molecule has 5 heteroatoms. The molecule has 0 saturated carbocycles. The van der Waals surface area contributed by atoms with E-state index in [2.05, 4.69) is 81.4 Å². The summed E-state index contributed by atoms with van der Waals surface area (Å²) < 4.78 is 5.96. The number of carbonyl (C=O) groups is 1. The number of ether oxygens (including phenoxy) is 1. The molecule has 0 fully saturated rings. The second kappa shape index (κ2) is 9.07. The molecule has 0 amide bonds. The molecule has 0 N–H and O–H groups in total. The molecule has 190 valence electrons. The van der Waals surface area contributed by atoms with Gasteiger partial charge in [-0.2, -0.15) is 0 Å². The average molecular weight is 478 g/mol. The van der Waals surface area contributed by atoms with Crippen molar-refractivity contribution < 1.29 is 9.53 Å². The van der Waals surface area contributed by atoms with Crippen LogP contribution >= 0.6 is 0 Å². The van der Waals surface area contributed by atoms with E-state index in [1.54, 1.807) is 4.80 Å². The van der Waals surface area contributed by atoms with Gasteiger partial charge in [0.2, 0.25) is 0 Å². The van der Waals surface area contributed by atoms with Crippen molar-refractivity contribution >= 4 is 17.0 Å². The lowest BCUT2D eigenvalue weighted by Gasteiger charge is -2.37. The van der Waals surface area contributed by atoms with E-state index in [1.807, 2.05) is 24.3 Å². The van der Waals surface area contributed by atoms with Crippen LogP contribution < -0.4 is 4.74 Å². The van der Waals surface area contributed by atoms with Crippen LogP contribution in [0.3, 0.4) is 0 Å². The van der Waals surface area contributed by atoms with Crippen LogP contribution in [0, 0.1) is 10.8 Å². The number of esters is 1. The van der Waals surface area contributed by atoms with Gasteiger partial charge in [0.1, 0.15) is 16.7 Å². The van der Waals surface area contributed by atoms with Crippen LogP contribution in [-0.2, 0) is 15.6 Å². The lowest BCUT2D eigenvalue weighted by molar-refractivity contribution is -0.131. The molecule has 5 nitrogen and oxygen atoms in total. The van der Waals surface area contributed by atoms with Crippen molar-refractivity contribution in [1.82, 2.24) is 15.0 Å². The van der Waals surface area contributed by atoms with Crippen molar-refractivity contribution in [1.29, 1.82) is 0 Å². The number of benzene rings is 2. The summed E-state index contributed by atoms with van der Waals surface area (Å²) in [5, 5.41) is 9.52. The molecule has 0 spiro atoms. The lowest BCUT2D eigenvalue weighted by atomic mass is 9.68. The summed E-state index contributed by atoms with van der Waals surface area (Å²) in [5.74, 6) is 0.194. The Hall–Kier alpha value is -2.69. The van der Waals surface area contributed by atoms with Crippen LogP contribution in [0.1, 0.15) is 100 Å². The molecule has 0 aliphatic heterocycles. The third-order valence-corrected chi connectivity index (χ3v) is 6.27. The minimum Gasteiger partial charge on any atom is -0.424 e. The quantitative estimate of drug-likeness (QED) is 0.269. The molecule has 0 bridgehead atoms. The normalized spacial score (nSPS) is 13.3. The van der Waals surface area contributed by atoms with Crippen molar-refractivity contribution in [3.05, 3.63) is 47.5 Å². The largest absolute Gasteiger partial charge is 0.424 e. The Morgan fingerprint density at radius 3 is 1.74 bits per heavy atom. The average Bonchev–Trinajstić information content (AvgIpc) is 3.07. The van der Waals surface area contributed by atoms with Crippen molar-refractivity contribution in [2.45, 2.75) is 99.8 Å². The fraction of sp³-hybridized carbons (Fsp3) is 0.567. The van der Waals surface area contributed by atoms with Gasteiger partial charge >= 0.3 is 5.97 Å². The number of hydrogen-bond donors (Lipinski definition) is 0. The summed E-state index contributed by atoms with van der Waals surface area (Å²) in [4.78, 5) is 14.0. The Balaban J connectivity index is 2.37. The molecule has 0 aliphatic rings. The Morgan fingerprint density at radius 2 is 1.29 bits per heavy atom. The van der Waals surface area contributed by atoms with Gasteiger partial charge in [-0.1, -0.05) is 87.4 Å². The highest BCUT2D eigenvalue weighted by Crippen LogP contribution is 2.46. The summed E-state index contributed by atoms with van der Waals surface area (Å²) in [7, 11) is 0. The zero-order valence-corrected chi connectivity index (χ0v) is 23.5. The van der Waals surface area contributed by atoms with Crippen LogP contribution in [0.2, 0.25) is 0 Å². The smallest absolute Gasteiger partial charge is 0.308 e. The summed E-state index contributed by atoms with van der Waals surface area (Å²) >= 11 is 0. The molecule has 0 unspecified atom stereocenters. The van der Waals surface area contributed by atoms with Gasteiger partial charge in [0.15, 0.2) is 5.75 Å². The number of fused-ring (bicyclic) bond motifs is 1. The van der Waals surface area contributed by atoms with Crippen molar-refractivity contribution in [3.8, 4) is 11.4 Å². The second-order valence-electron chi connectivity index (χ2n) is 13.7. The molecule has 35 heavy (non-hydrogen) atoms. The van der Waals surface area contributed by atoms with E-state index >= 15 is 0 Å². The molecule has 0 aliphatic carbocycles. The highest BCUT2D eigenvalue weighted by Gasteiger charge is 2.36. The fourth-order valence-electron chi connectivity index (χ4n) is 5.72. The maximum atomic E-state index is 12.3. The van der Waals surface area contributed by atoms with Crippen molar-refractivity contribution in [3.63, 3.8) is 0 Å². The Labute approximate surface area is 211 Å². The van der Waals surface area contributed by atoms with E-state index < -0.39 is 0 Å². The number of nitrogens with zero attached hydrogens (tertiary/aromatic N) is 3. The third kappa shape index (κ3) is 6.50. The zero-order valence-electron chi connectivity index (χ0n) is 23.5. The molecule has 3 aromatic rings. The molecule has 0 radical (unpaired) electrons. The van der Waals surface area contributed by atoms with Gasteiger partial charge in [-0.05, 0) is 58.3 Å². The Morgan fingerprint density at radius 1 is 0.800 bits per heavy atom. The first-order valence-electron chi connectivity index (χ1n) is 12.6. The molecule has 2 aromatic carbocycles. The number of hydrogen-bond acceptors (Lipinski definition) is 4. The molecule has 0 saturated heterocycles. The van der Waals surface area contributed by atoms with E-state index in [0.29, 0.717) is 11.4 Å². The van der Waals surface area contributed by atoms with Crippen LogP contribution in [0.4, 0.5) is 0 Å². The van der Waals surface area contributed by atoms with E-state index in [0.717, 1.165) is 29.4 Å². The van der Waals surface area contributed by atoms with Crippen molar-refractivity contribution in [2.24, 2.45) is 10.8 Å². The van der Waals surface area contributed by atoms with Crippen LogP contribution in [0.5, 0.6) is 5.75 Å². The first-order valence-corrected chi connectivity index (χ1v) is 12.6. The monoisotopic (exact) mass is 477 g/mol. The van der Waals surface area contributed by atoms with E-state index in [1.165, 1.54) is 12.5 Å². The maximum absolute atomic E-state index is 12.3. The zero-order chi connectivity index (χ0) is 26.4. The SMILES string of the molecule is CC(=O)Oc1c(-n2nc3ccccc3n2)cc(C(C)(C)CC(C)(C)C)cc1C(C)(C)CC(C)(C)C. The van der Waals surface area contributed by atoms with Gasteiger partial charge in [-0.25, -0.2) is 0 Å². The Kier molecular flexibility index (Phi) is 6.97. The van der Waals surface area contributed by atoms with Gasteiger partial charge in [0.25, 0.3) is 0 Å². The summed E-state index contributed by atoms with van der Waals surface area (Å²) in [6, 6.07) is 12.2. The van der Waals surface area contributed by atoms with Crippen LogP contribution in [0.25, 0.3) is 16.7 Å². The fourth-order valence-corrected chi connectivity index (χ4v) is 5.72. The number of rotatable bonds is 6. The third-order valence-electron chi connectivity index (χ3n) is 6.27. The highest BCUT2D eigenvalue weighted by atomic mass is 16.5. The number of aromatic nitrogens is 3. The van der Waals surface area contributed by atoms with Gasteiger partial charge in [0.05, 0.1) is 0 Å². The molecular formula is C30H43N3O2. The van der Waals surface area contributed by atoms with Gasteiger partial charge in [-0.15, -0.1) is 15.0 Å². The van der Waals surface area contributed by atoms with E-state index in [-0.39, 0.29) is 27.6 Å². The summed E-state index contributed by atoms with van der Waals surface area (Å²) in [5.41, 5.74) is 4.39. The summed E-state index contributed by atoms with van der Waals surface area (Å²) in [6.07, 6.45) is 1.92. The van der Waals surface area contributed by atoms with Crippen LogP contribution in [-0.4, -0.2) is 21.0 Å². The molecular weight excluding hydrogens is 434 g/mol. The topological polar surface area (TPSA) is 57.0 Å². The number of carbonyl (C=O) groups excluding carboxylic acids is 1. The van der Waals surface area contributed by atoms with Crippen molar-refractivity contribution in [2.75, 3.05) is 0 Å². The summed E-state index contributed by atoms with van der Waals surface area (Å²) in [6.45, 7) is 24.1. The van der Waals surface area contributed by atoms with Gasteiger partial charge < -0.3 is 4.74 Å². The molecule has 1 aromatic heterocycles. The first-order chi connectivity index (χ1) is 15.9. The minimum atomic E-state index is -0.350. The van der Waals surface area contributed by atoms with Gasteiger partial charge in [0, 0.05) is 12.5 Å². The van der Waals surface area contributed by atoms with E-state index in [4.69, 9.17) is 14.9 Å². The molecule has 3 rings (SSSR count). The highest BCUT2D eigenvalue weighted by molar-refractivity contribution is 5.75. The predicted molar refractivity (Wildman–Crippen MR) is 144 cm³/mol. The van der Waals surface area contributed by atoms with Gasteiger partial charge in [-0.3, -0.25) is 4.79 Å². The predicted octanol–water partition coefficient (Wildman–Crippen LogP) is 7.77. The second-order valence-corrected chi connectivity index (χ2v) is 13.7. The Bertz CT molecular complexity index is 1190. The molecule has 0 atom stereocenters. The maximum Gasteiger partial charge on any atom is 0.308 e. The molecule has 1 heterocycles. The van der Waals surface area contributed by atoms with Crippen LogP contribution in [0.15, 0.2) is 36.4 Å².